The Labute approximate surface area is 93.8 Å². The third kappa shape index (κ3) is 5.50. The van der Waals surface area contributed by atoms with Crippen LogP contribution in [0.5, 0.6) is 0 Å². The summed E-state index contributed by atoms with van der Waals surface area (Å²) in [5, 5.41) is 3.26. The van der Waals surface area contributed by atoms with E-state index in [1.54, 1.807) is 0 Å². The van der Waals surface area contributed by atoms with Gasteiger partial charge in [0, 0.05) is 12.1 Å². The zero-order chi connectivity index (χ0) is 11.3. The SMILES string of the molecule is CC(C)(C)NCC(F)C1CCCCCC1. The van der Waals surface area contributed by atoms with Gasteiger partial charge >= 0.3 is 0 Å². The van der Waals surface area contributed by atoms with E-state index in [2.05, 4.69) is 26.1 Å². The van der Waals surface area contributed by atoms with Gasteiger partial charge in [-0.05, 0) is 39.5 Å². The summed E-state index contributed by atoms with van der Waals surface area (Å²) in [4.78, 5) is 0. The number of halogens is 1. The van der Waals surface area contributed by atoms with Crippen LogP contribution in [0.15, 0.2) is 0 Å². The van der Waals surface area contributed by atoms with Crippen molar-refractivity contribution < 1.29 is 4.39 Å². The van der Waals surface area contributed by atoms with E-state index < -0.39 is 6.17 Å². The molecule has 0 saturated heterocycles. The van der Waals surface area contributed by atoms with Crippen LogP contribution >= 0.6 is 0 Å². The van der Waals surface area contributed by atoms with Gasteiger partial charge in [0.25, 0.3) is 0 Å². The summed E-state index contributed by atoms with van der Waals surface area (Å²) in [6.45, 7) is 6.79. The maximum absolute atomic E-state index is 13.9. The molecule has 0 aromatic rings. The third-order valence-corrected chi connectivity index (χ3v) is 3.24. The van der Waals surface area contributed by atoms with Gasteiger partial charge in [-0.25, -0.2) is 4.39 Å². The van der Waals surface area contributed by atoms with Crippen LogP contribution < -0.4 is 5.32 Å². The maximum atomic E-state index is 13.9. The first-order valence-corrected chi connectivity index (χ1v) is 6.38. The van der Waals surface area contributed by atoms with Crippen LogP contribution in [0.25, 0.3) is 0 Å². The Morgan fingerprint density at radius 1 is 1.13 bits per heavy atom. The number of hydrogen-bond acceptors (Lipinski definition) is 1. The van der Waals surface area contributed by atoms with Crippen LogP contribution in [0.1, 0.15) is 59.3 Å². The summed E-state index contributed by atoms with van der Waals surface area (Å²) < 4.78 is 13.9. The molecule has 0 bridgehead atoms. The molecule has 0 spiro atoms. The van der Waals surface area contributed by atoms with Crippen LogP contribution in [0, 0.1) is 5.92 Å². The summed E-state index contributed by atoms with van der Waals surface area (Å²) in [5.74, 6) is 0.308. The van der Waals surface area contributed by atoms with Gasteiger partial charge in [0.15, 0.2) is 0 Å². The van der Waals surface area contributed by atoms with Crippen LogP contribution in [0.4, 0.5) is 4.39 Å². The van der Waals surface area contributed by atoms with Gasteiger partial charge in [-0.3, -0.25) is 0 Å². The molecule has 0 aromatic heterocycles. The lowest BCUT2D eigenvalue weighted by Crippen LogP contribution is -2.41. The number of alkyl halides is 1. The molecule has 1 atom stereocenters. The zero-order valence-corrected chi connectivity index (χ0v) is 10.5. The van der Waals surface area contributed by atoms with Crippen molar-refractivity contribution in [2.45, 2.75) is 71.0 Å². The number of rotatable bonds is 3. The minimum Gasteiger partial charge on any atom is -0.309 e. The summed E-state index contributed by atoms with van der Waals surface area (Å²) >= 11 is 0. The molecule has 1 nitrogen and oxygen atoms in total. The van der Waals surface area contributed by atoms with Crippen LogP contribution in [-0.4, -0.2) is 18.3 Å². The van der Waals surface area contributed by atoms with Crippen molar-refractivity contribution in [1.29, 1.82) is 0 Å². The molecule has 90 valence electrons. The lowest BCUT2D eigenvalue weighted by atomic mass is 9.94. The Morgan fingerprint density at radius 3 is 2.13 bits per heavy atom. The highest BCUT2D eigenvalue weighted by Crippen LogP contribution is 2.27. The molecule has 1 saturated carbocycles. The Balaban J connectivity index is 2.28. The van der Waals surface area contributed by atoms with Crippen molar-refractivity contribution >= 4 is 0 Å². The second-order valence-corrected chi connectivity index (χ2v) is 5.90. The van der Waals surface area contributed by atoms with E-state index in [4.69, 9.17) is 0 Å². The minimum atomic E-state index is -0.651. The van der Waals surface area contributed by atoms with Gasteiger partial charge in [0.1, 0.15) is 6.17 Å². The van der Waals surface area contributed by atoms with E-state index in [0.717, 1.165) is 12.8 Å². The molecular formula is C13H26FN. The zero-order valence-electron chi connectivity index (χ0n) is 10.5. The van der Waals surface area contributed by atoms with E-state index in [1.807, 2.05) is 0 Å². The largest absolute Gasteiger partial charge is 0.309 e. The van der Waals surface area contributed by atoms with E-state index >= 15 is 0 Å². The molecule has 0 radical (unpaired) electrons. The Bertz CT molecular complexity index is 166. The Hall–Kier alpha value is -0.110. The number of hydrogen-bond donors (Lipinski definition) is 1. The smallest absolute Gasteiger partial charge is 0.115 e. The standard InChI is InChI=1S/C13H26FN/c1-13(2,3)15-10-12(14)11-8-6-4-5-7-9-11/h11-12,15H,4-10H2,1-3H3. The van der Waals surface area contributed by atoms with Crippen molar-refractivity contribution in [3.8, 4) is 0 Å². The lowest BCUT2D eigenvalue weighted by Gasteiger charge is -2.25. The fourth-order valence-electron chi connectivity index (χ4n) is 2.24. The second kappa shape index (κ2) is 5.83. The van der Waals surface area contributed by atoms with Crippen molar-refractivity contribution in [3.63, 3.8) is 0 Å². The monoisotopic (exact) mass is 215 g/mol. The van der Waals surface area contributed by atoms with E-state index in [0.29, 0.717) is 12.5 Å². The summed E-state index contributed by atoms with van der Waals surface area (Å²) in [6.07, 6.45) is 6.58. The third-order valence-electron chi connectivity index (χ3n) is 3.24. The highest BCUT2D eigenvalue weighted by Gasteiger charge is 2.23. The highest BCUT2D eigenvalue weighted by atomic mass is 19.1. The molecule has 1 rings (SSSR count). The van der Waals surface area contributed by atoms with Crippen LogP contribution in [-0.2, 0) is 0 Å². The first-order valence-electron chi connectivity index (χ1n) is 6.38. The minimum absolute atomic E-state index is 0.0368. The second-order valence-electron chi connectivity index (χ2n) is 5.90. The van der Waals surface area contributed by atoms with E-state index in [9.17, 15) is 4.39 Å². The molecule has 1 fully saturated rings. The highest BCUT2D eigenvalue weighted by molar-refractivity contribution is 4.78. The lowest BCUT2D eigenvalue weighted by molar-refractivity contribution is 0.189. The average molecular weight is 215 g/mol. The molecule has 1 aliphatic carbocycles. The van der Waals surface area contributed by atoms with Gasteiger partial charge in [-0.1, -0.05) is 25.7 Å². The predicted molar refractivity (Wildman–Crippen MR) is 63.8 cm³/mol. The first kappa shape index (κ1) is 13.0. The molecule has 1 aliphatic rings. The normalized spacial score (nSPS) is 22.4. The molecule has 1 unspecified atom stereocenters. The first-order chi connectivity index (χ1) is 6.99. The molecule has 2 heteroatoms. The topological polar surface area (TPSA) is 12.0 Å². The summed E-state index contributed by atoms with van der Waals surface area (Å²) in [7, 11) is 0. The maximum Gasteiger partial charge on any atom is 0.115 e. The van der Waals surface area contributed by atoms with E-state index in [1.165, 1.54) is 25.7 Å². The van der Waals surface area contributed by atoms with Gasteiger partial charge in [-0.2, -0.15) is 0 Å². The van der Waals surface area contributed by atoms with Crippen LogP contribution in [0.3, 0.4) is 0 Å². The molecule has 0 amide bonds. The van der Waals surface area contributed by atoms with Crippen molar-refractivity contribution in [2.24, 2.45) is 5.92 Å². The van der Waals surface area contributed by atoms with E-state index in [-0.39, 0.29) is 5.54 Å². The Kier molecular flexibility index (Phi) is 5.04. The molecular weight excluding hydrogens is 189 g/mol. The molecule has 15 heavy (non-hydrogen) atoms. The fraction of sp³-hybridized carbons (Fsp3) is 1.00. The molecule has 0 heterocycles. The summed E-state index contributed by atoms with van der Waals surface area (Å²) in [6, 6.07) is 0. The quantitative estimate of drug-likeness (QED) is 0.708. The van der Waals surface area contributed by atoms with Gasteiger partial charge in [0.2, 0.25) is 0 Å². The predicted octanol–water partition coefficient (Wildman–Crippen LogP) is 3.68. The van der Waals surface area contributed by atoms with Gasteiger partial charge in [0.05, 0.1) is 0 Å². The van der Waals surface area contributed by atoms with Gasteiger partial charge < -0.3 is 5.32 Å². The average Bonchev–Trinajstić information content (AvgIpc) is 2.41. The fourth-order valence-corrected chi connectivity index (χ4v) is 2.24. The molecule has 0 aromatic carbocycles. The van der Waals surface area contributed by atoms with Crippen molar-refractivity contribution in [1.82, 2.24) is 5.32 Å². The Morgan fingerprint density at radius 2 is 1.67 bits per heavy atom. The molecule has 0 aliphatic heterocycles. The van der Waals surface area contributed by atoms with Crippen molar-refractivity contribution in [2.75, 3.05) is 6.54 Å². The molecule has 1 N–H and O–H groups in total. The summed E-state index contributed by atoms with van der Waals surface area (Å²) in [5.41, 5.74) is 0.0368. The van der Waals surface area contributed by atoms with Crippen molar-refractivity contribution in [3.05, 3.63) is 0 Å². The van der Waals surface area contributed by atoms with Gasteiger partial charge in [-0.15, -0.1) is 0 Å². The van der Waals surface area contributed by atoms with Crippen LogP contribution in [0.2, 0.25) is 0 Å². The number of nitrogens with one attached hydrogen (secondary N) is 1.